The van der Waals surface area contributed by atoms with Crippen molar-refractivity contribution in [1.29, 1.82) is 0 Å². The Bertz CT molecular complexity index is 417. The minimum absolute atomic E-state index is 0. The Morgan fingerprint density at radius 2 is 1.32 bits per heavy atom. The molecule has 0 aliphatic heterocycles. The molecule has 5 heteroatoms. The van der Waals surface area contributed by atoms with Gasteiger partial charge in [-0.2, -0.15) is 0 Å². The summed E-state index contributed by atoms with van der Waals surface area (Å²) in [4.78, 5) is 22.9. The third kappa shape index (κ3) is 19.0. The Morgan fingerprint density at radius 1 is 0.857 bits per heavy atom. The molecule has 0 fully saturated rings. The molecule has 4 nitrogen and oxygen atoms in total. The molecule has 0 aliphatic rings. The molecule has 0 bridgehead atoms. The third-order valence-electron chi connectivity index (χ3n) is 4.91. The normalized spacial score (nSPS) is 12.1. The number of carbonyl (C=O) groups is 2. The minimum Gasteiger partial charge on any atom is -1.00 e. The van der Waals surface area contributed by atoms with Crippen molar-refractivity contribution in [3.63, 3.8) is 0 Å². The van der Waals surface area contributed by atoms with Crippen LogP contribution in [0.1, 0.15) is 112 Å². The summed E-state index contributed by atoms with van der Waals surface area (Å²) in [5.74, 6) is -1.20. The average molecular weight is 406 g/mol. The zero-order valence-electron chi connectivity index (χ0n) is 20.0. The Kier molecular flexibility index (Phi) is 22.8. The monoisotopic (exact) mass is 405 g/mol. The summed E-state index contributed by atoms with van der Waals surface area (Å²) in [6.45, 7) is 5.87. The number of carboxylic acid groups (broad SMARTS) is 1. The molecule has 0 aromatic carbocycles. The van der Waals surface area contributed by atoms with E-state index < -0.39 is 12.0 Å². The molecule has 28 heavy (non-hydrogen) atoms. The van der Waals surface area contributed by atoms with E-state index in [1.807, 2.05) is 0 Å². The van der Waals surface area contributed by atoms with Crippen LogP contribution in [0.4, 0.5) is 0 Å². The second kappa shape index (κ2) is 21.4. The van der Waals surface area contributed by atoms with Crippen molar-refractivity contribution >= 4 is 11.9 Å². The topological polar surface area (TPSA) is 66.4 Å². The van der Waals surface area contributed by atoms with Gasteiger partial charge in [0.1, 0.15) is 6.04 Å². The zero-order valence-corrected chi connectivity index (χ0v) is 21.0. The minimum atomic E-state index is -0.956. The molecule has 0 spiro atoms. The summed E-state index contributed by atoms with van der Waals surface area (Å²) in [6, 6.07) is -0.777. The van der Waals surface area contributed by atoms with Crippen LogP contribution in [-0.2, 0) is 9.59 Å². The van der Waals surface area contributed by atoms with E-state index in [0.29, 0.717) is 6.42 Å². The van der Waals surface area contributed by atoms with E-state index in [2.05, 4.69) is 24.4 Å². The van der Waals surface area contributed by atoms with Gasteiger partial charge in [-0.05, 0) is 38.0 Å². The molecule has 2 N–H and O–H groups in total. The first kappa shape index (κ1) is 29.9. The first-order valence-electron chi connectivity index (χ1n) is 11.2. The summed E-state index contributed by atoms with van der Waals surface area (Å²) in [5, 5.41) is 11.7. The molecule has 0 aromatic heterocycles. The number of carbonyl (C=O) groups excluding carboxylic acids is 1. The molecule has 160 valence electrons. The molecular weight excluding hydrogens is 361 g/mol. The van der Waals surface area contributed by atoms with Gasteiger partial charge in [-0.15, -0.1) is 0 Å². The maximum Gasteiger partial charge on any atom is 1.00 e. The van der Waals surface area contributed by atoms with Gasteiger partial charge in [0.05, 0.1) is 0 Å². The van der Waals surface area contributed by atoms with E-state index in [1.165, 1.54) is 57.8 Å². The van der Waals surface area contributed by atoms with Gasteiger partial charge in [-0.3, -0.25) is 4.79 Å². The Morgan fingerprint density at radius 3 is 1.79 bits per heavy atom. The van der Waals surface area contributed by atoms with Gasteiger partial charge in [0, 0.05) is 6.42 Å². The molecule has 0 aromatic rings. The first-order chi connectivity index (χ1) is 13.0. The van der Waals surface area contributed by atoms with Gasteiger partial charge >= 0.3 is 35.5 Å². The number of carboxylic acids is 1. The number of allylic oxidation sites excluding steroid dienone is 2. The summed E-state index contributed by atoms with van der Waals surface area (Å²) in [6.07, 6.45) is 21.0. The van der Waals surface area contributed by atoms with E-state index in [9.17, 15) is 9.59 Å². The summed E-state index contributed by atoms with van der Waals surface area (Å²) >= 11 is 0. The van der Waals surface area contributed by atoms with Crippen molar-refractivity contribution in [2.24, 2.45) is 5.92 Å². The van der Waals surface area contributed by atoms with Crippen LogP contribution >= 0.6 is 0 Å². The van der Waals surface area contributed by atoms with Gasteiger partial charge in [0.15, 0.2) is 0 Å². The van der Waals surface area contributed by atoms with Crippen molar-refractivity contribution in [2.45, 2.75) is 117 Å². The molecule has 0 unspecified atom stereocenters. The second-order valence-corrected chi connectivity index (χ2v) is 7.96. The van der Waals surface area contributed by atoms with E-state index in [0.717, 1.165) is 25.7 Å². The number of rotatable bonds is 18. The smallest absolute Gasteiger partial charge is 1.00 e. The third-order valence-corrected chi connectivity index (χ3v) is 4.91. The maximum absolute atomic E-state index is 11.8. The van der Waals surface area contributed by atoms with Gasteiger partial charge in [0.2, 0.25) is 5.91 Å². The van der Waals surface area contributed by atoms with E-state index in [-0.39, 0.29) is 42.8 Å². The fourth-order valence-electron chi connectivity index (χ4n) is 3.12. The summed E-state index contributed by atoms with van der Waals surface area (Å²) in [7, 11) is 0. The quantitative estimate of drug-likeness (QED) is 0.209. The average Bonchev–Trinajstić information content (AvgIpc) is 2.62. The largest absolute Gasteiger partial charge is 1.00 e. The number of amides is 1. The molecular formula is C23H44NNaO3. The van der Waals surface area contributed by atoms with E-state index in [4.69, 9.17) is 5.11 Å². The Hall–Kier alpha value is -0.320. The molecule has 0 heterocycles. The number of unbranched alkanes of at least 4 members (excludes halogenated alkanes) is 11. The predicted octanol–water partition coefficient (Wildman–Crippen LogP) is 3.37. The van der Waals surface area contributed by atoms with Crippen LogP contribution in [0.2, 0.25) is 0 Å². The molecule has 1 atom stereocenters. The van der Waals surface area contributed by atoms with E-state index >= 15 is 0 Å². The number of nitrogens with one attached hydrogen (secondary N) is 1. The van der Waals surface area contributed by atoms with Gasteiger partial charge in [-0.25, -0.2) is 4.79 Å². The van der Waals surface area contributed by atoms with Crippen molar-refractivity contribution < 1.29 is 45.7 Å². The van der Waals surface area contributed by atoms with Crippen molar-refractivity contribution in [3.8, 4) is 0 Å². The van der Waals surface area contributed by atoms with Gasteiger partial charge < -0.3 is 11.8 Å². The Labute approximate surface area is 197 Å². The first-order valence-corrected chi connectivity index (χ1v) is 11.2. The van der Waals surface area contributed by atoms with Crippen LogP contribution in [0.5, 0.6) is 0 Å². The van der Waals surface area contributed by atoms with Crippen LogP contribution < -0.4 is 34.9 Å². The summed E-state index contributed by atoms with van der Waals surface area (Å²) in [5.41, 5.74) is 0. The predicted molar refractivity (Wildman–Crippen MR) is 115 cm³/mol. The maximum atomic E-state index is 11.8. The molecule has 0 saturated heterocycles. The summed E-state index contributed by atoms with van der Waals surface area (Å²) < 4.78 is 0. The van der Waals surface area contributed by atoms with Crippen molar-refractivity contribution in [3.05, 3.63) is 12.2 Å². The van der Waals surface area contributed by atoms with Crippen molar-refractivity contribution in [2.75, 3.05) is 0 Å². The molecule has 0 rings (SSSR count). The second-order valence-electron chi connectivity index (χ2n) is 7.96. The van der Waals surface area contributed by atoms with Gasteiger partial charge in [-0.1, -0.05) is 84.3 Å². The number of hydrogen-bond acceptors (Lipinski definition) is 2. The van der Waals surface area contributed by atoms with Crippen molar-refractivity contribution in [1.82, 2.24) is 5.32 Å². The SMILES string of the molecule is CCCCCCCC/C=C\CCCCCCCC(=O)N[C@H](C(=O)O)C(C)C.[H-].[Na+]. The molecule has 1 amide bonds. The van der Waals surface area contributed by atoms with Gasteiger partial charge in [0.25, 0.3) is 0 Å². The van der Waals surface area contributed by atoms with Crippen LogP contribution in [0.25, 0.3) is 0 Å². The Balaban J connectivity index is -0.00000338. The van der Waals surface area contributed by atoms with Crippen LogP contribution in [-0.4, -0.2) is 23.0 Å². The fraction of sp³-hybridized carbons (Fsp3) is 0.826. The molecule has 0 radical (unpaired) electrons. The standard InChI is InChI=1S/C23H43NO3.Na.H/c1-4-5-6-7-8-9-10-11-12-13-14-15-16-17-18-19-21(25)24-22(20(2)3)23(26)27;;/h11-12,20,22H,4-10,13-19H2,1-3H3,(H,24,25)(H,26,27);;/q;+1;-1/b12-11-;;/t22-;;/m0../s1. The van der Waals surface area contributed by atoms with Crippen LogP contribution in [0.15, 0.2) is 12.2 Å². The number of aliphatic carboxylic acids is 1. The van der Waals surface area contributed by atoms with E-state index in [1.54, 1.807) is 13.8 Å². The molecule has 0 aliphatic carbocycles. The van der Waals surface area contributed by atoms with Crippen LogP contribution in [0.3, 0.4) is 0 Å². The number of hydrogen-bond donors (Lipinski definition) is 2. The van der Waals surface area contributed by atoms with Crippen LogP contribution in [0, 0.1) is 5.92 Å². The molecule has 0 saturated carbocycles. The zero-order chi connectivity index (χ0) is 20.3. The fourth-order valence-corrected chi connectivity index (χ4v) is 3.12.